The fourth-order valence-electron chi connectivity index (χ4n) is 1.41. The highest BCUT2D eigenvalue weighted by molar-refractivity contribution is 5.88. The number of hydrogen-bond acceptors (Lipinski definition) is 2. The van der Waals surface area contributed by atoms with Gasteiger partial charge in [0.2, 0.25) is 0 Å². The summed E-state index contributed by atoms with van der Waals surface area (Å²) in [5, 5.41) is 8.79. The summed E-state index contributed by atoms with van der Waals surface area (Å²) in [7, 11) is 0. The lowest BCUT2D eigenvalue weighted by atomic mass is 10.1. The van der Waals surface area contributed by atoms with Crippen LogP contribution in [0.2, 0.25) is 0 Å². The predicted octanol–water partition coefficient (Wildman–Crippen LogP) is 3.15. The molecule has 3 nitrogen and oxygen atoms in total. The monoisotopic (exact) mass is 271 g/mol. The van der Waals surface area contributed by atoms with Crippen molar-refractivity contribution in [2.75, 3.05) is 0 Å². The molecule has 0 saturated heterocycles. The zero-order valence-corrected chi connectivity index (χ0v) is 9.75. The minimum Gasteiger partial charge on any atom is -0.478 e. The van der Waals surface area contributed by atoms with E-state index >= 15 is 0 Å². The van der Waals surface area contributed by atoms with Crippen molar-refractivity contribution in [3.05, 3.63) is 53.7 Å². The third-order valence-electron chi connectivity index (χ3n) is 2.21. The van der Waals surface area contributed by atoms with Gasteiger partial charge in [0, 0.05) is 17.8 Å². The molecule has 0 atom stereocenters. The van der Waals surface area contributed by atoms with Crippen LogP contribution in [-0.4, -0.2) is 16.1 Å². The molecule has 0 aliphatic rings. The van der Waals surface area contributed by atoms with Crippen LogP contribution < -0.4 is 0 Å². The summed E-state index contributed by atoms with van der Waals surface area (Å²) < 4.78 is 26.2. The van der Waals surface area contributed by atoms with E-state index in [0.29, 0.717) is 0 Å². The molecular weight excluding hydrogens is 264 g/mol. The van der Waals surface area contributed by atoms with E-state index in [1.165, 1.54) is 24.4 Å². The zero-order valence-electron chi connectivity index (χ0n) is 8.93. The van der Waals surface area contributed by atoms with Gasteiger partial charge < -0.3 is 5.11 Å². The van der Waals surface area contributed by atoms with E-state index in [2.05, 4.69) is 4.98 Å². The first-order valence-electron chi connectivity index (χ1n) is 4.72. The Kier molecular flexibility index (Phi) is 4.33. The van der Waals surface area contributed by atoms with E-state index in [0.717, 1.165) is 12.1 Å². The molecule has 0 aliphatic carbocycles. The van der Waals surface area contributed by atoms with Crippen LogP contribution in [0.15, 0.2) is 36.5 Å². The van der Waals surface area contributed by atoms with Gasteiger partial charge in [-0.1, -0.05) is 0 Å². The van der Waals surface area contributed by atoms with Gasteiger partial charge >= 0.3 is 5.97 Å². The Morgan fingerprint density at radius 2 is 1.89 bits per heavy atom. The summed E-state index contributed by atoms with van der Waals surface area (Å²) in [5.41, 5.74) is 0.218. The summed E-state index contributed by atoms with van der Waals surface area (Å²) in [4.78, 5) is 14.6. The van der Waals surface area contributed by atoms with Crippen molar-refractivity contribution in [1.82, 2.24) is 4.98 Å². The van der Waals surface area contributed by atoms with Crippen LogP contribution in [0, 0.1) is 11.6 Å². The molecule has 18 heavy (non-hydrogen) atoms. The molecule has 1 N–H and O–H groups in total. The van der Waals surface area contributed by atoms with Crippen LogP contribution in [0.5, 0.6) is 0 Å². The standard InChI is InChI=1S/C12H7F2NO2.ClH/c13-8-1-2-9(10(14)6-8)11-5-7(12(16)17)3-4-15-11;/h1-6H,(H,16,17);1H. The number of halogens is 3. The lowest BCUT2D eigenvalue weighted by Gasteiger charge is -2.03. The first-order valence-corrected chi connectivity index (χ1v) is 4.72. The maximum Gasteiger partial charge on any atom is 0.335 e. The Morgan fingerprint density at radius 3 is 2.50 bits per heavy atom. The van der Waals surface area contributed by atoms with Gasteiger partial charge in [0.05, 0.1) is 11.3 Å². The van der Waals surface area contributed by atoms with Gasteiger partial charge in [-0.05, 0) is 24.3 Å². The topological polar surface area (TPSA) is 50.2 Å². The van der Waals surface area contributed by atoms with Crippen LogP contribution in [0.3, 0.4) is 0 Å². The summed E-state index contributed by atoms with van der Waals surface area (Å²) in [5.74, 6) is -2.60. The van der Waals surface area contributed by atoms with Crippen LogP contribution in [0.1, 0.15) is 10.4 Å². The average molecular weight is 272 g/mol. The molecule has 0 aliphatic heterocycles. The number of rotatable bonds is 2. The van der Waals surface area contributed by atoms with E-state index in [4.69, 9.17) is 5.11 Å². The van der Waals surface area contributed by atoms with Crippen molar-refractivity contribution in [2.45, 2.75) is 0 Å². The summed E-state index contributed by atoms with van der Waals surface area (Å²) in [6.07, 6.45) is 1.27. The van der Waals surface area contributed by atoms with Gasteiger partial charge in [-0.2, -0.15) is 0 Å². The summed E-state index contributed by atoms with van der Waals surface area (Å²) in [6.45, 7) is 0. The number of nitrogens with zero attached hydrogens (tertiary/aromatic N) is 1. The number of aromatic carboxylic acids is 1. The maximum absolute atomic E-state index is 13.4. The number of aromatic nitrogens is 1. The van der Waals surface area contributed by atoms with Crippen LogP contribution >= 0.6 is 12.4 Å². The van der Waals surface area contributed by atoms with E-state index in [1.54, 1.807) is 0 Å². The second-order valence-electron chi connectivity index (χ2n) is 3.36. The smallest absolute Gasteiger partial charge is 0.335 e. The quantitative estimate of drug-likeness (QED) is 0.913. The van der Waals surface area contributed by atoms with Gasteiger partial charge in [-0.15, -0.1) is 12.4 Å². The number of benzene rings is 1. The molecule has 2 aromatic rings. The number of carbonyl (C=O) groups is 1. The predicted molar refractivity (Wildman–Crippen MR) is 63.8 cm³/mol. The molecule has 1 aromatic carbocycles. The SMILES string of the molecule is Cl.O=C(O)c1ccnc(-c2ccc(F)cc2F)c1. The van der Waals surface area contributed by atoms with E-state index < -0.39 is 17.6 Å². The molecule has 1 aromatic heterocycles. The molecule has 2 rings (SSSR count). The van der Waals surface area contributed by atoms with Crippen molar-refractivity contribution in [3.63, 3.8) is 0 Å². The molecule has 1 heterocycles. The third-order valence-corrected chi connectivity index (χ3v) is 2.21. The first-order chi connectivity index (χ1) is 8.08. The second kappa shape index (κ2) is 5.55. The third kappa shape index (κ3) is 2.81. The largest absolute Gasteiger partial charge is 0.478 e. The average Bonchev–Trinajstić information content (AvgIpc) is 2.29. The molecule has 0 fully saturated rings. The molecule has 0 unspecified atom stereocenters. The van der Waals surface area contributed by atoms with Crippen LogP contribution in [0.25, 0.3) is 11.3 Å². The van der Waals surface area contributed by atoms with Crippen LogP contribution in [0.4, 0.5) is 8.78 Å². The van der Waals surface area contributed by atoms with E-state index in [9.17, 15) is 13.6 Å². The van der Waals surface area contributed by atoms with Gasteiger partial charge in [-0.3, -0.25) is 4.98 Å². The minimum atomic E-state index is -1.13. The van der Waals surface area contributed by atoms with Gasteiger partial charge in [0.15, 0.2) is 0 Å². The van der Waals surface area contributed by atoms with Gasteiger partial charge in [-0.25, -0.2) is 13.6 Å². The second-order valence-corrected chi connectivity index (χ2v) is 3.36. The fraction of sp³-hybridized carbons (Fsp3) is 0. The number of pyridine rings is 1. The Hall–Kier alpha value is -2.01. The van der Waals surface area contributed by atoms with E-state index in [-0.39, 0.29) is 29.2 Å². The first kappa shape index (κ1) is 14.1. The Balaban J connectivity index is 0.00000162. The van der Waals surface area contributed by atoms with Crippen molar-refractivity contribution in [3.8, 4) is 11.3 Å². The zero-order chi connectivity index (χ0) is 12.4. The maximum atomic E-state index is 13.4. The fourth-order valence-corrected chi connectivity index (χ4v) is 1.41. The summed E-state index contributed by atoms with van der Waals surface area (Å²) in [6, 6.07) is 5.57. The Morgan fingerprint density at radius 1 is 1.17 bits per heavy atom. The van der Waals surface area contributed by atoms with E-state index in [1.807, 2.05) is 0 Å². The molecule has 0 radical (unpaired) electrons. The van der Waals surface area contributed by atoms with Crippen LogP contribution in [-0.2, 0) is 0 Å². The lowest BCUT2D eigenvalue weighted by molar-refractivity contribution is 0.0697. The highest BCUT2D eigenvalue weighted by atomic mass is 35.5. The number of carboxylic acid groups (broad SMARTS) is 1. The molecule has 6 heteroatoms. The van der Waals surface area contributed by atoms with Crippen molar-refractivity contribution in [2.24, 2.45) is 0 Å². The summed E-state index contributed by atoms with van der Waals surface area (Å²) >= 11 is 0. The van der Waals surface area contributed by atoms with Gasteiger partial charge in [0.25, 0.3) is 0 Å². The molecular formula is C12H8ClF2NO2. The number of hydrogen-bond donors (Lipinski definition) is 1. The molecule has 0 spiro atoms. The highest BCUT2D eigenvalue weighted by Crippen LogP contribution is 2.22. The normalized spacial score (nSPS) is 9.67. The molecule has 0 amide bonds. The van der Waals surface area contributed by atoms with Gasteiger partial charge in [0.1, 0.15) is 11.6 Å². The number of carboxylic acids is 1. The lowest BCUT2D eigenvalue weighted by Crippen LogP contribution is -1.98. The van der Waals surface area contributed by atoms with Crippen molar-refractivity contribution < 1.29 is 18.7 Å². The highest BCUT2D eigenvalue weighted by Gasteiger charge is 2.10. The van der Waals surface area contributed by atoms with Crippen molar-refractivity contribution in [1.29, 1.82) is 0 Å². The molecule has 0 bridgehead atoms. The molecule has 94 valence electrons. The van der Waals surface area contributed by atoms with Crippen molar-refractivity contribution >= 4 is 18.4 Å². The molecule has 0 saturated carbocycles. The Bertz CT molecular complexity index is 590. The minimum absolute atomic E-state index is 0. The Labute approximate surface area is 108 Å².